The molecule has 2 N–H and O–H groups in total. The normalized spacial score (nSPS) is 13.5. The van der Waals surface area contributed by atoms with Crippen molar-refractivity contribution in [2.45, 2.75) is 25.6 Å². The fourth-order valence-electron chi connectivity index (χ4n) is 2.05. The van der Waals surface area contributed by atoms with Crippen LogP contribution < -0.4 is 5.73 Å². The Morgan fingerprint density at radius 1 is 1.25 bits per heavy atom. The van der Waals surface area contributed by atoms with Crippen molar-refractivity contribution in [2.24, 2.45) is 5.73 Å². The number of hydrogen-bond donors (Lipinski definition) is 1. The van der Waals surface area contributed by atoms with Crippen LogP contribution in [0.3, 0.4) is 0 Å². The monoisotopic (exact) mass is 287 g/mol. The van der Waals surface area contributed by atoms with Gasteiger partial charge >= 0.3 is 6.18 Å². The smallest absolute Gasteiger partial charge is 0.419 e. The summed E-state index contributed by atoms with van der Waals surface area (Å²) in [7, 11) is 0. The van der Waals surface area contributed by atoms with E-state index in [4.69, 9.17) is 10.2 Å². The first-order valence-electron chi connectivity index (χ1n) is 6.03. The molecule has 1 aromatic carbocycles. The van der Waals surface area contributed by atoms with Crippen LogP contribution in [0.1, 0.15) is 35.4 Å². The van der Waals surface area contributed by atoms with E-state index in [-0.39, 0.29) is 5.56 Å². The van der Waals surface area contributed by atoms with E-state index < -0.39 is 23.6 Å². The first kappa shape index (κ1) is 14.6. The van der Waals surface area contributed by atoms with Gasteiger partial charge in [-0.15, -0.1) is 0 Å². The van der Waals surface area contributed by atoms with Crippen LogP contribution in [-0.4, -0.2) is 0 Å². The molecular formula is C14H13F4NO. The quantitative estimate of drug-likeness (QED) is 0.865. The molecule has 1 heterocycles. The van der Waals surface area contributed by atoms with Crippen molar-refractivity contribution in [1.82, 2.24) is 0 Å². The molecule has 108 valence electrons. The summed E-state index contributed by atoms with van der Waals surface area (Å²) in [6, 6.07) is 3.60. The molecule has 0 aliphatic rings. The molecule has 0 fully saturated rings. The summed E-state index contributed by atoms with van der Waals surface area (Å²) in [5, 5.41) is 0. The average molecular weight is 287 g/mol. The molecule has 1 atom stereocenters. The molecule has 0 saturated heterocycles. The number of aryl methyl sites for hydroxylation is 1. The predicted octanol–water partition coefficient (Wildman–Crippen LogP) is 4.05. The van der Waals surface area contributed by atoms with Crippen LogP contribution in [-0.2, 0) is 12.6 Å². The highest BCUT2D eigenvalue weighted by molar-refractivity contribution is 5.36. The Kier molecular flexibility index (Phi) is 3.85. The van der Waals surface area contributed by atoms with Gasteiger partial charge in [-0.2, -0.15) is 13.2 Å². The average Bonchev–Trinajstić information content (AvgIpc) is 2.85. The maximum atomic E-state index is 13.2. The third kappa shape index (κ3) is 2.70. The van der Waals surface area contributed by atoms with Crippen LogP contribution in [0.5, 0.6) is 0 Å². The van der Waals surface area contributed by atoms with Crippen molar-refractivity contribution in [1.29, 1.82) is 0 Å². The first-order chi connectivity index (χ1) is 9.34. The van der Waals surface area contributed by atoms with Crippen molar-refractivity contribution < 1.29 is 22.0 Å². The molecule has 0 aliphatic carbocycles. The predicted molar refractivity (Wildman–Crippen MR) is 65.5 cm³/mol. The highest BCUT2D eigenvalue weighted by Gasteiger charge is 2.34. The lowest BCUT2D eigenvalue weighted by molar-refractivity contribution is -0.140. The molecule has 1 aromatic heterocycles. The maximum Gasteiger partial charge on any atom is 0.419 e. The fourth-order valence-corrected chi connectivity index (χ4v) is 2.05. The van der Waals surface area contributed by atoms with Gasteiger partial charge < -0.3 is 10.2 Å². The van der Waals surface area contributed by atoms with E-state index in [0.717, 1.165) is 12.1 Å². The van der Waals surface area contributed by atoms with Crippen LogP contribution in [0.15, 0.2) is 34.9 Å². The Hall–Kier alpha value is -1.82. The topological polar surface area (TPSA) is 39.2 Å². The largest absolute Gasteiger partial charge is 0.469 e. The molecule has 0 radical (unpaired) electrons. The Bertz CT molecular complexity index is 603. The summed E-state index contributed by atoms with van der Waals surface area (Å²) in [5.41, 5.74) is 5.43. The van der Waals surface area contributed by atoms with Gasteiger partial charge in [0.05, 0.1) is 17.9 Å². The highest BCUT2D eigenvalue weighted by atomic mass is 19.4. The van der Waals surface area contributed by atoms with E-state index >= 15 is 0 Å². The number of rotatable bonds is 3. The van der Waals surface area contributed by atoms with E-state index in [9.17, 15) is 17.6 Å². The third-order valence-electron chi connectivity index (χ3n) is 3.09. The molecule has 0 spiro atoms. The molecular weight excluding hydrogens is 274 g/mol. The van der Waals surface area contributed by atoms with Crippen LogP contribution >= 0.6 is 0 Å². The second-order valence-electron chi connectivity index (χ2n) is 4.37. The first-order valence-corrected chi connectivity index (χ1v) is 6.03. The number of furan rings is 1. The van der Waals surface area contributed by atoms with Gasteiger partial charge in [0.2, 0.25) is 0 Å². The molecule has 1 unspecified atom stereocenters. The van der Waals surface area contributed by atoms with Crippen LogP contribution in [0, 0.1) is 5.82 Å². The van der Waals surface area contributed by atoms with Gasteiger partial charge in [-0.25, -0.2) is 4.39 Å². The van der Waals surface area contributed by atoms with Gasteiger partial charge in [-0.1, -0.05) is 13.0 Å². The van der Waals surface area contributed by atoms with Gasteiger partial charge in [-0.3, -0.25) is 0 Å². The van der Waals surface area contributed by atoms with E-state index in [0.29, 0.717) is 17.7 Å². The van der Waals surface area contributed by atoms with Crippen molar-refractivity contribution in [3.05, 3.63) is 58.8 Å². The molecule has 2 aromatic rings. The minimum absolute atomic E-state index is 0.190. The van der Waals surface area contributed by atoms with Gasteiger partial charge in [0.15, 0.2) is 0 Å². The standard InChI is InChI=1S/C14H13F4NO/c1-2-12-9(5-6-20-12)13(19)8-3-4-11(15)10(7-8)14(16,17)18/h3-7,13H,2,19H2,1H3. The lowest BCUT2D eigenvalue weighted by Crippen LogP contribution is -2.15. The number of halogens is 4. The van der Waals surface area contributed by atoms with Crippen molar-refractivity contribution in [3.63, 3.8) is 0 Å². The number of nitrogens with two attached hydrogens (primary N) is 1. The summed E-state index contributed by atoms with van der Waals surface area (Å²) in [4.78, 5) is 0. The zero-order valence-electron chi connectivity index (χ0n) is 10.7. The molecule has 6 heteroatoms. The van der Waals surface area contributed by atoms with Crippen molar-refractivity contribution in [3.8, 4) is 0 Å². The van der Waals surface area contributed by atoms with Crippen LogP contribution in [0.4, 0.5) is 17.6 Å². The lowest BCUT2D eigenvalue weighted by Gasteiger charge is -2.15. The van der Waals surface area contributed by atoms with E-state index in [1.54, 1.807) is 6.07 Å². The van der Waals surface area contributed by atoms with Crippen molar-refractivity contribution >= 4 is 0 Å². The Morgan fingerprint density at radius 2 is 1.95 bits per heavy atom. The van der Waals surface area contributed by atoms with Crippen LogP contribution in [0.25, 0.3) is 0 Å². The summed E-state index contributed by atoms with van der Waals surface area (Å²) >= 11 is 0. The van der Waals surface area contributed by atoms with Crippen molar-refractivity contribution in [2.75, 3.05) is 0 Å². The third-order valence-corrected chi connectivity index (χ3v) is 3.09. The number of alkyl halides is 3. The second kappa shape index (κ2) is 5.28. The minimum atomic E-state index is -4.75. The maximum absolute atomic E-state index is 13.2. The number of hydrogen-bond acceptors (Lipinski definition) is 2. The molecule has 2 nitrogen and oxygen atoms in total. The van der Waals surface area contributed by atoms with Gasteiger partial charge in [0.25, 0.3) is 0 Å². The van der Waals surface area contributed by atoms with E-state index in [2.05, 4.69) is 0 Å². The summed E-state index contributed by atoms with van der Waals surface area (Å²) < 4.78 is 56.5. The van der Waals surface area contributed by atoms with Crippen LogP contribution in [0.2, 0.25) is 0 Å². The Labute approximate surface area is 113 Å². The van der Waals surface area contributed by atoms with E-state index in [1.165, 1.54) is 12.3 Å². The molecule has 2 rings (SSSR count). The molecule has 0 saturated carbocycles. The number of benzene rings is 1. The molecule has 0 bridgehead atoms. The summed E-state index contributed by atoms with van der Waals surface area (Å²) in [6.07, 6.45) is -2.74. The molecule has 0 amide bonds. The summed E-state index contributed by atoms with van der Waals surface area (Å²) in [5.74, 6) is -0.702. The fraction of sp³-hybridized carbons (Fsp3) is 0.286. The highest BCUT2D eigenvalue weighted by Crippen LogP contribution is 2.34. The van der Waals surface area contributed by atoms with Gasteiger partial charge in [0.1, 0.15) is 11.6 Å². The Morgan fingerprint density at radius 3 is 2.55 bits per heavy atom. The second-order valence-corrected chi connectivity index (χ2v) is 4.37. The van der Waals surface area contributed by atoms with Gasteiger partial charge in [-0.05, 0) is 23.8 Å². The van der Waals surface area contributed by atoms with E-state index in [1.807, 2.05) is 6.92 Å². The van der Waals surface area contributed by atoms with Gasteiger partial charge in [0, 0.05) is 12.0 Å². The zero-order chi connectivity index (χ0) is 14.9. The SMILES string of the molecule is CCc1occc1C(N)c1ccc(F)c(C(F)(F)F)c1. The lowest BCUT2D eigenvalue weighted by atomic mass is 9.97. The zero-order valence-corrected chi connectivity index (χ0v) is 10.7. The minimum Gasteiger partial charge on any atom is -0.469 e. The molecule has 20 heavy (non-hydrogen) atoms. The Balaban J connectivity index is 2.43. The summed E-state index contributed by atoms with van der Waals surface area (Å²) in [6.45, 7) is 1.85. The molecule has 0 aliphatic heterocycles.